The van der Waals surface area contributed by atoms with E-state index in [-0.39, 0.29) is 17.8 Å². The van der Waals surface area contributed by atoms with Crippen LogP contribution in [0, 0.1) is 12.8 Å². The fourth-order valence-corrected chi connectivity index (χ4v) is 6.32. The molecule has 204 valence electrons. The van der Waals surface area contributed by atoms with E-state index in [0.717, 1.165) is 33.1 Å². The van der Waals surface area contributed by atoms with Gasteiger partial charge in [-0.05, 0) is 73.4 Å². The van der Waals surface area contributed by atoms with Gasteiger partial charge in [-0.3, -0.25) is 4.79 Å². The zero-order chi connectivity index (χ0) is 27.6. The van der Waals surface area contributed by atoms with E-state index in [0.29, 0.717) is 42.9 Å². The summed E-state index contributed by atoms with van der Waals surface area (Å²) in [6.07, 6.45) is 0.192. The first-order valence-electron chi connectivity index (χ1n) is 12.4. The summed E-state index contributed by atoms with van der Waals surface area (Å²) in [6, 6.07) is 10.3. The summed E-state index contributed by atoms with van der Waals surface area (Å²) in [6.45, 7) is 2.39. The lowest BCUT2D eigenvalue weighted by atomic mass is 9.78. The number of anilines is 2. The Morgan fingerprint density at radius 2 is 1.97 bits per heavy atom. The molecule has 0 saturated heterocycles. The second-order valence-corrected chi connectivity index (χ2v) is 11.7. The molecule has 5 rings (SSSR count). The Hall–Kier alpha value is -3.35. The quantitative estimate of drug-likeness (QED) is 0.236. The van der Waals surface area contributed by atoms with Gasteiger partial charge < -0.3 is 15.7 Å². The van der Waals surface area contributed by atoms with Crippen LogP contribution >= 0.6 is 22.7 Å². The van der Waals surface area contributed by atoms with E-state index in [1.165, 1.54) is 11.3 Å². The summed E-state index contributed by atoms with van der Waals surface area (Å²) in [4.78, 5) is 26.5. The van der Waals surface area contributed by atoms with Crippen molar-refractivity contribution in [1.29, 1.82) is 0 Å². The summed E-state index contributed by atoms with van der Waals surface area (Å²) in [7, 11) is 0. The van der Waals surface area contributed by atoms with E-state index in [1.807, 2.05) is 30.5 Å². The molecule has 1 fully saturated rings. The minimum Gasteiger partial charge on any atom is -0.383 e. The smallest absolute Gasteiger partial charge is 0.383 e. The summed E-state index contributed by atoms with van der Waals surface area (Å²) in [5, 5.41) is 19.8. The lowest BCUT2D eigenvalue weighted by molar-refractivity contribution is -0.141. The van der Waals surface area contributed by atoms with Crippen molar-refractivity contribution < 1.29 is 23.1 Å². The normalized spacial score (nSPS) is 19.6. The van der Waals surface area contributed by atoms with Gasteiger partial charge in [0.1, 0.15) is 16.3 Å². The largest absolute Gasteiger partial charge is 0.433 e. The molecule has 1 aliphatic carbocycles. The third-order valence-electron chi connectivity index (χ3n) is 6.67. The number of carbonyl (C=O) groups is 1. The molecular formula is C27H26F3N5O2S2. The van der Waals surface area contributed by atoms with Gasteiger partial charge in [-0.1, -0.05) is 12.1 Å². The number of aryl methyl sites for hydroxylation is 1. The van der Waals surface area contributed by atoms with Crippen LogP contribution in [0.3, 0.4) is 0 Å². The molecule has 4 aromatic rings. The lowest BCUT2D eigenvalue weighted by Gasteiger charge is -2.33. The van der Waals surface area contributed by atoms with Gasteiger partial charge >= 0.3 is 6.18 Å². The van der Waals surface area contributed by atoms with Crippen LogP contribution in [0.25, 0.3) is 10.4 Å². The molecule has 0 aliphatic heterocycles. The number of aliphatic hydroxyl groups is 1. The van der Waals surface area contributed by atoms with Crippen LogP contribution in [0.5, 0.6) is 0 Å². The van der Waals surface area contributed by atoms with Crippen LogP contribution in [0.15, 0.2) is 54.2 Å². The van der Waals surface area contributed by atoms with E-state index in [9.17, 15) is 23.1 Å². The number of benzene rings is 1. The lowest BCUT2D eigenvalue weighted by Crippen LogP contribution is -2.38. The molecule has 1 aliphatic rings. The number of amides is 1. The van der Waals surface area contributed by atoms with Gasteiger partial charge in [-0.25, -0.2) is 15.0 Å². The molecule has 0 spiro atoms. The molecule has 1 amide bonds. The highest BCUT2D eigenvalue weighted by Crippen LogP contribution is 2.43. The molecule has 3 heterocycles. The Morgan fingerprint density at radius 3 is 2.69 bits per heavy atom. The topological polar surface area (TPSA) is 100 Å². The summed E-state index contributed by atoms with van der Waals surface area (Å²) in [5.41, 5.74) is 0.0858. The monoisotopic (exact) mass is 573 g/mol. The van der Waals surface area contributed by atoms with Gasteiger partial charge in [0.25, 0.3) is 0 Å². The Balaban J connectivity index is 1.25. The average Bonchev–Trinajstić information content (AvgIpc) is 3.60. The average molecular weight is 574 g/mol. The Morgan fingerprint density at radius 1 is 1.18 bits per heavy atom. The van der Waals surface area contributed by atoms with Crippen molar-refractivity contribution in [2.24, 2.45) is 5.92 Å². The number of rotatable bonds is 7. The Kier molecular flexibility index (Phi) is 7.70. The minimum atomic E-state index is -4.57. The van der Waals surface area contributed by atoms with Crippen molar-refractivity contribution >= 4 is 40.2 Å². The third-order valence-corrected chi connectivity index (χ3v) is 8.78. The van der Waals surface area contributed by atoms with Crippen LogP contribution in [0.1, 0.15) is 46.8 Å². The van der Waals surface area contributed by atoms with E-state index in [4.69, 9.17) is 0 Å². The fourth-order valence-electron chi connectivity index (χ4n) is 4.63. The number of alkyl halides is 3. The summed E-state index contributed by atoms with van der Waals surface area (Å²) in [5.74, 6) is -0.292. The maximum atomic E-state index is 13.0. The number of hydrogen-bond donors (Lipinski definition) is 3. The first-order valence-corrected chi connectivity index (χ1v) is 14.1. The predicted molar refractivity (Wildman–Crippen MR) is 145 cm³/mol. The molecule has 39 heavy (non-hydrogen) atoms. The van der Waals surface area contributed by atoms with Crippen molar-refractivity contribution in [3.63, 3.8) is 0 Å². The SMILES string of the molecule is Cc1cc(Nc2nccc(C(F)(F)F)n2)cc(-c2cnc(C3(O)CCC(C(=O)NCc4cccs4)CC3)s2)c1. The highest BCUT2D eigenvalue weighted by molar-refractivity contribution is 7.15. The molecule has 3 aromatic heterocycles. The number of nitrogens with zero attached hydrogens (tertiary/aromatic N) is 3. The number of carbonyl (C=O) groups excluding carboxylic acids is 1. The Bertz CT molecular complexity index is 1450. The maximum absolute atomic E-state index is 13.0. The fraction of sp³-hybridized carbons (Fsp3) is 0.333. The highest BCUT2D eigenvalue weighted by Gasteiger charge is 2.39. The zero-order valence-corrected chi connectivity index (χ0v) is 22.6. The van der Waals surface area contributed by atoms with E-state index >= 15 is 0 Å². The number of hydrogen-bond acceptors (Lipinski definition) is 8. The molecule has 1 saturated carbocycles. The second kappa shape index (κ2) is 11.0. The molecule has 0 atom stereocenters. The van der Waals surface area contributed by atoms with Crippen molar-refractivity contribution in [3.05, 3.63) is 75.3 Å². The molecule has 3 N–H and O–H groups in total. The van der Waals surface area contributed by atoms with Crippen LogP contribution in [0.2, 0.25) is 0 Å². The van der Waals surface area contributed by atoms with Crippen LogP contribution < -0.4 is 10.6 Å². The van der Waals surface area contributed by atoms with Crippen LogP contribution in [0.4, 0.5) is 24.8 Å². The van der Waals surface area contributed by atoms with Crippen LogP contribution in [-0.4, -0.2) is 26.0 Å². The van der Waals surface area contributed by atoms with Gasteiger partial charge in [-0.2, -0.15) is 13.2 Å². The van der Waals surface area contributed by atoms with Crippen LogP contribution in [-0.2, 0) is 23.1 Å². The molecule has 0 radical (unpaired) electrons. The van der Waals surface area contributed by atoms with E-state index in [1.54, 1.807) is 29.7 Å². The maximum Gasteiger partial charge on any atom is 0.433 e. The van der Waals surface area contributed by atoms with E-state index < -0.39 is 17.5 Å². The molecular weight excluding hydrogens is 547 g/mol. The standard InChI is InChI=1S/C27H26F3N5O2S2/c1-16-11-18(13-19(12-16)34-25-31-9-6-22(35-25)27(28,29)30)21-15-33-24(39-21)26(37)7-4-17(5-8-26)23(36)32-14-20-3-2-10-38-20/h2-3,6,9-13,15,17,37H,4-5,7-8,14H2,1H3,(H,32,36)(H,31,34,35). The third kappa shape index (κ3) is 6.45. The number of aromatic nitrogens is 3. The van der Waals surface area contributed by atoms with Crippen molar-refractivity contribution in [2.75, 3.05) is 5.32 Å². The summed E-state index contributed by atoms with van der Waals surface area (Å²) >= 11 is 2.97. The molecule has 0 unspecified atom stereocenters. The number of thiophene rings is 1. The van der Waals surface area contributed by atoms with Gasteiger partial charge in [0.15, 0.2) is 0 Å². The first kappa shape index (κ1) is 27.2. The first-order chi connectivity index (χ1) is 18.6. The van der Waals surface area contributed by atoms with Gasteiger partial charge in [0, 0.05) is 28.9 Å². The highest BCUT2D eigenvalue weighted by atomic mass is 32.1. The minimum absolute atomic E-state index is 0.00909. The van der Waals surface area contributed by atoms with Gasteiger partial charge in [0.05, 0.1) is 11.4 Å². The predicted octanol–water partition coefficient (Wildman–Crippen LogP) is 6.43. The number of halogens is 3. The van der Waals surface area contributed by atoms with E-state index in [2.05, 4.69) is 25.6 Å². The van der Waals surface area contributed by atoms with Gasteiger partial charge in [0.2, 0.25) is 11.9 Å². The second-order valence-electron chi connectivity index (χ2n) is 9.61. The number of thiazole rings is 1. The molecule has 12 heteroatoms. The van der Waals surface area contributed by atoms with Crippen molar-refractivity contribution in [2.45, 2.75) is 50.9 Å². The Labute approximate surface area is 231 Å². The zero-order valence-electron chi connectivity index (χ0n) is 21.0. The van der Waals surface area contributed by atoms with Crippen molar-refractivity contribution in [3.8, 4) is 10.4 Å². The molecule has 0 bridgehead atoms. The molecule has 7 nitrogen and oxygen atoms in total. The summed E-state index contributed by atoms with van der Waals surface area (Å²) < 4.78 is 39.1. The number of nitrogens with one attached hydrogen (secondary N) is 2. The van der Waals surface area contributed by atoms with Gasteiger partial charge in [-0.15, -0.1) is 22.7 Å². The molecule has 1 aromatic carbocycles. The van der Waals surface area contributed by atoms with Crippen molar-refractivity contribution in [1.82, 2.24) is 20.3 Å².